The summed E-state index contributed by atoms with van der Waals surface area (Å²) in [6, 6.07) is 14.3. The number of aryl methyl sites for hydroxylation is 1. The highest BCUT2D eigenvalue weighted by atomic mass is 19.1. The van der Waals surface area contributed by atoms with E-state index in [4.69, 9.17) is 9.47 Å². The van der Waals surface area contributed by atoms with Crippen LogP contribution >= 0.6 is 0 Å². The molecule has 0 spiro atoms. The second kappa shape index (κ2) is 14.0. The van der Waals surface area contributed by atoms with Crippen LogP contribution < -0.4 is 16.4 Å². The molecule has 2 aliphatic rings. The van der Waals surface area contributed by atoms with Crippen molar-refractivity contribution in [1.29, 1.82) is 0 Å². The molecule has 13 heteroatoms. The highest BCUT2D eigenvalue weighted by molar-refractivity contribution is 5.83. The number of benzene rings is 2. The van der Waals surface area contributed by atoms with Gasteiger partial charge in [0.05, 0.1) is 42.2 Å². The van der Waals surface area contributed by atoms with Gasteiger partial charge in [-0.1, -0.05) is 39.0 Å². The fourth-order valence-corrected chi connectivity index (χ4v) is 6.90. The van der Waals surface area contributed by atoms with Crippen LogP contribution in [0.1, 0.15) is 63.1 Å². The van der Waals surface area contributed by atoms with Crippen molar-refractivity contribution in [3.63, 3.8) is 0 Å². The number of fused-ring (bicyclic) bond motifs is 1. The van der Waals surface area contributed by atoms with E-state index in [9.17, 15) is 14.4 Å². The van der Waals surface area contributed by atoms with Crippen molar-refractivity contribution in [2.75, 3.05) is 31.6 Å². The van der Waals surface area contributed by atoms with E-state index >= 15 is 4.39 Å². The third kappa shape index (κ3) is 6.98. The number of hydrogen-bond donors (Lipinski definition) is 1. The molecule has 0 amide bonds. The average molecular weight is 708 g/mol. The third-order valence-electron chi connectivity index (χ3n) is 10.0. The first-order valence-electron chi connectivity index (χ1n) is 17.5. The molecule has 2 aliphatic heterocycles. The molecule has 12 nitrogen and oxygen atoms in total. The molecule has 0 aliphatic carbocycles. The number of hydrogen-bond acceptors (Lipinski definition) is 10. The van der Waals surface area contributed by atoms with Gasteiger partial charge in [-0.2, -0.15) is 14.9 Å². The average Bonchev–Trinajstić information content (AvgIpc) is 3.08. The largest absolute Gasteiger partial charge is 0.461 e. The van der Waals surface area contributed by atoms with Crippen molar-refractivity contribution in [1.82, 2.24) is 29.4 Å². The molecule has 0 atom stereocenters. The van der Waals surface area contributed by atoms with Crippen LogP contribution in [-0.2, 0) is 33.3 Å². The summed E-state index contributed by atoms with van der Waals surface area (Å²) in [5.41, 5.74) is 2.27. The van der Waals surface area contributed by atoms with Gasteiger partial charge in [0.25, 0.3) is 11.1 Å². The van der Waals surface area contributed by atoms with Gasteiger partial charge in [-0.05, 0) is 78.7 Å². The molecule has 5 aromatic rings. The number of rotatable bonds is 8. The van der Waals surface area contributed by atoms with Crippen LogP contribution in [0.15, 0.2) is 70.5 Å². The first-order valence-corrected chi connectivity index (χ1v) is 17.5. The van der Waals surface area contributed by atoms with Crippen LogP contribution in [0, 0.1) is 5.82 Å². The Morgan fingerprint density at radius 1 is 1.04 bits per heavy atom. The van der Waals surface area contributed by atoms with Crippen LogP contribution in [0.4, 0.5) is 15.9 Å². The van der Waals surface area contributed by atoms with Crippen molar-refractivity contribution >= 4 is 28.2 Å². The highest BCUT2D eigenvalue weighted by Crippen LogP contribution is 2.32. The summed E-state index contributed by atoms with van der Waals surface area (Å²) < 4.78 is 28.6. The lowest BCUT2D eigenvalue weighted by atomic mass is 9.86. The van der Waals surface area contributed by atoms with Crippen LogP contribution in [0.3, 0.4) is 0 Å². The number of carbonyl (C=O) groups is 1. The summed E-state index contributed by atoms with van der Waals surface area (Å²) in [5, 5.41) is 12.4. The van der Waals surface area contributed by atoms with E-state index in [1.165, 1.54) is 30.9 Å². The van der Waals surface area contributed by atoms with Gasteiger partial charge >= 0.3 is 5.97 Å². The SMILES string of the molecule is CC(=O)OCc1c(-c2cc(Nc3ccc(C4CCN(C5COC5)CC4)cn3)c(=O)n(C)n2)cccc1-n1ncc2cc(C(C)(C)C)cc(F)c2c1=O. The quantitative estimate of drug-likeness (QED) is 0.210. The lowest BCUT2D eigenvalue weighted by Gasteiger charge is -2.41. The van der Waals surface area contributed by atoms with Crippen molar-refractivity contribution < 1.29 is 18.7 Å². The van der Waals surface area contributed by atoms with E-state index in [1.807, 2.05) is 33.0 Å². The summed E-state index contributed by atoms with van der Waals surface area (Å²) in [4.78, 5) is 46.3. The van der Waals surface area contributed by atoms with Crippen molar-refractivity contribution in [3.05, 3.63) is 104 Å². The molecule has 2 saturated heterocycles. The predicted octanol–water partition coefficient (Wildman–Crippen LogP) is 5.36. The molecule has 3 aromatic heterocycles. The maximum atomic E-state index is 15.5. The van der Waals surface area contributed by atoms with E-state index in [2.05, 4.69) is 31.5 Å². The second-order valence-electron chi connectivity index (χ2n) is 14.6. The number of piperidine rings is 1. The zero-order valence-electron chi connectivity index (χ0n) is 30.0. The predicted molar refractivity (Wildman–Crippen MR) is 196 cm³/mol. The first-order chi connectivity index (χ1) is 24.9. The summed E-state index contributed by atoms with van der Waals surface area (Å²) >= 11 is 0. The Morgan fingerprint density at radius 2 is 1.81 bits per heavy atom. The number of halogens is 1. The van der Waals surface area contributed by atoms with E-state index in [-0.39, 0.29) is 34.3 Å². The Kier molecular flexibility index (Phi) is 9.49. The minimum atomic E-state index is -0.666. The fraction of sp³-hybridized carbons (Fsp3) is 0.385. The number of carbonyl (C=O) groups excluding carboxylic acids is 1. The topological polar surface area (TPSA) is 133 Å². The number of anilines is 2. The number of pyridine rings is 1. The molecule has 0 unspecified atom stereocenters. The summed E-state index contributed by atoms with van der Waals surface area (Å²) in [5.74, 6) is -0.268. The molecule has 52 heavy (non-hydrogen) atoms. The van der Waals surface area contributed by atoms with E-state index in [0.717, 1.165) is 55.0 Å². The Morgan fingerprint density at radius 3 is 2.46 bits per heavy atom. The van der Waals surface area contributed by atoms with Crippen LogP contribution in [-0.4, -0.2) is 67.8 Å². The third-order valence-corrected chi connectivity index (χ3v) is 10.0. The molecule has 0 radical (unpaired) electrons. The van der Waals surface area contributed by atoms with E-state index < -0.39 is 17.3 Å². The minimum absolute atomic E-state index is 0.105. The summed E-state index contributed by atoms with van der Waals surface area (Å²) in [6.45, 7) is 10.7. The summed E-state index contributed by atoms with van der Waals surface area (Å²) in [7, 11) is 1.54. The van der Waals surface area contributed by atoms with Gasteiger partial charge in [-0.25, -0.2) is 14.1 Å². The van der Waals surface area contributed by atoms with Crippen molar-refractivity contribution in [2.45, 2.75) is 64.5 Å². The maximum absolute atomic E-state index is 15.5. The lowest BCUT2D eigenvalue weighted by Crippen LogP contribution is -2.51. The van der Waals surface area contributed by atoms with Crippen LogP contribution in [0.25, 0.3) is 27.7 Å². The number of nitrogens with one attached hydrogen (secondary N) is 1. The maximum Gasteiger partial charge on any atom is 0.302 e. The number of nitrogens with zero attached hydrogens (tertiary/aromatic N) is 6. The fourth-order valence-electron chi connectivity index (χ4n) is 6.90. The van der Waals surface area contributed by atoms with Gasteiger partial charge in [0, 0.05) is 36.7 Å². The van der Waals surface area contributed by atoms with Crippen LogP contribution in [0.5, 0.6) is 0 Å². The van der Waals surface area contributed by atoms with Gasteiger partial charge < -0.3 is 14.8 Å². The monoisotopic (exact) mass is 707 g/mol. The smallest absolute Gasteiger partial charge is 0.302 e. The standard InChI is InChI=1S/C39H42FN7O5/c1-23(48)52-22-30-29(7-6-8-34(30)47-38(50)36-26(19-42-47)15-27(16-31(36)40)39(2,3)4)32-17-33(37(49)45(5)44-32)43-35-10-9-25(18-41-35)24-11-13-46(14-12-24)28-20-51-21-28/h6-10,15-19,24,28H,11-14,20-22H2,1-5H3,(H,41,43). The second-order valence-corrected chi connectivity index (χ2v) is 14.6. The molecule has 2 fully saturated rings. The Balaban J connectivity index is 1.22. The molecule has 5 heterocycles. The Labute approximate surface area is 300 Å². The van der Waals surface area contributed by atoms with Gasteiger partial charge in [0.15, 0.2) is 0 Å². The molecule has 2 aromatic carbocycles. The summed E-state index contributed by atoms with van der Waals surface area (Å²) in [6.07, 6.45) is 5.43. The van der Waals surface area contributed by atoms with Gasteiger partial charge in [-0.15, -0.1) is 0 Å². The number of ether oxygens (including phenoxy) is 2. The minimum Gasteiger partial charge on any atom is -0.461 e. The van der Waals surface area contributed by atoms with Gasteiger partial charge in [0.1, 0.15) is 23.9 Å². The molecule has 0 saturated carbocycles. The van der Waals surface area contributed by atoms with Crippen molar-refractivity contribution in [3.8, 4) is 16.9 Å². The van der Waals surface area contributed by atoms with Gasteiger partial charge in [0.2, 0.25) is 0 Å². The molecule has 270 valence electrons. The highest BCUT2D eigenvalue weighted by Gasteiger charge is 2.30. The zero-order valence-corrected chi connectivity index (χ0v) is 30.0. The first kappa shape index (κ1) is 35.1. The molecular weight excluding hydrogens is 665 g/mol. The van der Waals surface area contributed by atoms with E-state index in [1.54, 1.807) is 30.3 Å². The number of likely N-dealkylation sites (tertiary alicyclic amines) is 1. The normalized spacial score (nSPS) is 15.8. The van der Waals surface area contributed by atoms with Crippen molar-refractivity contribution in [2.24, 2.45) is 7.05 Å². The lowest BCUT2D eigenvalue weighted by molar-refractivity contribution is -0.142. The molecule has 1 N–H and O–H groups in total. The zero-order chi connectivity index (χ0) is 36.7. The van der Waals surface area contributed by atoms with Crippen LogP contribution in [0.2, 0.25) is 0 Å². The molecule has 0 bridgehead atoms. The number of esters is 1. The van der Waals surface area contributed by atoms with Gasteiger partial charge in [-0.3, -0.25) is 19.3 Å². The Hall–Kier alpha value is -5.27. The van der Waals surface area contributed by atoms with E-state index in [0.29, 0.717) is 40.0 Å². The molecule has 7 rings (SSSR count). The Bertz CT molecular complexity index is 2270. The number of aromatic nitrogens is 5. The molecular formula is C39H42FN7O5.